The molecule has 2 aliphatic carbocycles. The van der Waals surface area contributed by atoms with Crippen molar-refractivity contribution in [3.05, 3.63) is 283 Å². The van der Waals surface area contributed by atoms with Gasteiger partial charge in [-0.2, -0.15) is 8.42 Å². The molecular weight excluding hydrogens is 1060 g/mol. The molecule has 8 unspecified atom stereocenters. The Hall–Kier alpha value is -6.41. The van der Waals surface area contributed by atoms with E-state index in [1.54, 1.807) is 13.8 Å². The van der Waals surface area contributed by atoms with Crippen LogP contribution in [0, 0.1) is 11.8 Å². The molecule has 7 nitrogen and oxygen atoms in total. The first-order valence-electron chi connectivity index (χ1n) is 28.6. The minimum absolute atomic E-state index is 0.317. The Morgan fingerprint density at radius 3 is 0.938 bits per heavy atom. The standard InChI is InChI=1S/C71H74O7P2S/c1-51(72)66-68(74)65(55-39-45-64(46-40-55)81(76,77)78)69(75)67(52(2)73)71(57-43-37-54(38-44-57)50-80(61-29-15-6-16-30-61,62-31-17-7-18-32-62)63-33-19-8-20-34-63)48-22-21-47-70(66,71)56-41-35-53(36-42-56)49-79(58-23-9-3-10-24-58,59-25-11-4-12-26-59)60-27-13-5-14-28-60/h3-20,23-46,51-52,65-69,72-75,79-80H,21-22,47-50H2,1-2H3,(H,76,77,78). The summed E-state index contributed by atoms with van der Waals surface area (Å²) in [6.45, 7) is 3.47. The molecular formula is C71H74O7P2S. The molecule has 0 bridgehead atoms. The van der Waals surface area contributed by atoms with Gasteiger partial charge < -0.3 is 0 Å². The zero-order chi connectivity index (χ0) is 56.4. The fourth-order valence-corrected chi connectivity index (χ4v) is 25.6. The van der Waals surface area contributed by atoms with Crippen LogP contribution >= 0.6 is 14.5 Å². The first-order valence-corrected chi connectivity index (χ1v) is 34.4. The Morgan fingerprint density at radius 1 is 0.420 bits per heavy atom. The summed E-state index contributed by atoms with van der Waals surface area (Å²) in [5.41, 5.74) is 2.35. The van der Waals surface area contributed by atoms with E-state index in [0.29, 0.717) is 18.4 Å². The molecule has 11 rings (SSSR count). The second kappa shape index (κ2) is 23.5. The van der Waals surface area contributed by atoms with Gasteiger partial charge in [-0.25, -0.2) is 0 Å². The number of hydrogen-bond acceptors (Lipinski definition) is 6. The van der Waals surface area contributed by atoms with Crippen molar-refractivity contribution >= 4 is 56.5 Å². The Bertz CT molecular complexity index is 3220. The van der Waals surface area contributed by atoms with Crippen LogP contribution in [0.4, 0.5) is 0 Å². The molecule has 0 spiro atoms. The van der Waals surface area contributed by atoms with Gasteiger partial charge in [0.1, 0.15) is 0 Å². The summed E-state index contributed by atoms with van der Waals surface area (Å²) >= 11 is 0. The number of aliphatic hydroxyl groups is 4. The molecule has 5 N–H and O–H groups in total. The number of fused-ring (bicyclic) bond motifs is 1. The van der Waals surface area contributed by atoms with E-state index in [0.717, 1.165) is 47.4 Å². The first-order chi connectivity index (χ1) is 39.3. The maximum atomic E-state index is 13.5. The fourth-order valence-electron chi connectivity index (χ4n) is 15.7. The van der Waals surface area contributed by atoms with E-state index in [4.69, 9.17) is 0 Å². The van der Waals surface area contributed by atoms with Crippen LogP contribution in [0.25, 0.3) is 0 Å². The van der Waals surface area contributed by atoms with Crippen LogP contribution in [0.5, 0.6) is 0 Å². The van der Waals surface area contributed by atoms with Crippen molar-refractivity contribution < 1.29 is 33.4 Å². The van der Waals surface area contributed by atoms with Gasteiger partial charge in [0.2, 0.25) is 0 Å². The summed E-state index contributed by atoms with van der Waals surface area (Å²) in [7, 11) is -10.1. The van der Waals surface area contributed by atoms with Crippen LogP contribution in [0.1, 0.15) is 73.3 Å². The van der Waals surface area contributed by atoms with Crippen molar-refractivity contribution in [2.24, 2.45) is 11.8 Å². The van der Waals surface area contributed by atoms with E-state index in [-0.39, 0.29) is 4.90 Å². The van der Waals surface area contributed by atoms with Crippen molar-refractivity contribution in [2.45, 2.75) is 97.9 Å². The van der Waals surface area contributed by atoms with Gasteiger partial charge in [0, 0.05) is 0 Å². The topological polar surface area (TPSA) is 135 Å². The fraction of sp³-hybridized carbons (Fsp3) is 0.239. The van der Waals surface area contributed by atoms with Crippen molar-refractivity contribution in [1.29, 1.82) is 0 Å². The van der Waals surface area contributed by atoms with Gasteiger partial charge in [0.15, 0.2) is 0 Å². The summed E-state index contributed by atoms with van der Waals surface area (Å²) in [6.07, 6.45) is -0.923. The average molecular weight is 1130 g/mol. The number of benzene rings is 9. The van der Waals surface area contributed by atoms with Gasteiger partial charge in [-0.15, -0.1) is 0 Å². The van der Waals surface area contributed by atoms with Gasteiger partial charge in [-0.1, -0.05) is 0 Å². The summed E-state index contributed by atoms with van der Waals surface area (Å²) in [5, 5.41) is 60.1. The number of aliphatic hydroxyl groups excluding tert-OH is 4. The molecule has 9 aromatic carbocycles. The Labute approximate surface area is 479 Å². The van der Waals surface area contributed by atoms with Crippen LogP contribution in [-0.2, 0) is 33.3 Å². The Morgan fingerprint density at radius 2 is 0.691 bits per heavy atom. The molecule has 2 aliphatic rings. The van der Waals surface area contributed by atoms with Gasteiger partial charge in [-0.3, -0.25) is 4.55 Å². The van der Waals surface area contributed by atoms with Crippen molar-refractivity contribution in [2.75, 3.05) is 0 Å². The minimum atomic E-state index is -4.57. The molecule has 416 valence electrons. The van der Waals surface area contributed by atoms with Crippen LogP contribution in [0.3, 0.4) is 0 Å². The van der Waals surface area contributed by atoms with Gasteiger partial charge in [-0.05, 0) is 0 Å². The van der Waals surface area contributed by atoms with Crippen molar-refractivity contribution in [1.82, 2.24) is 0 Å². The zero-order valence-electron chi connectivity index (χ0n) is 46.0. The molecule has 0 amide bonds. The molecule has 0 radical (unpaired) electrons. The van der Waals surface area contributed by atoms with Crippen molar-refractivity contribution in [3.63, 3.8) is 0 Å². The number of hydrogen-bond donors (Lipinski definition) is 5. The van der Waals surface area contributed by atoms with Gasteiger partial charge >= 0.3 is 454 Å². The third kappa shape index (κ3) is 10.1. The monoisotopic (exact) mass is 1130 g/mol. The zero-order valence-corrected chi connectivity index (χ0v) is 48.8. The predicted octanol–water partition coefficient (Wildman–Crippen LogP) is 10.6. The summed E-state index contributed by atoms with van der Waals surface area (Å²) < 4.78 is 34.8. The number of rotatable bonds is 16. The van der Waals surface area contributed by atoms with E-state index < -0.39 is 77.6 Å². The molecule has 0 aromatic heterocycles. The van der Waals surface area contributed by atoms with E-state index in [2.05, 4.69) is 231 Å². The normalized spacial score (nSPS) is 23.5. The molecule has 81 heavy (non-hydrogen) atoms. The predicted molar refractivity (Wildman–Crippen MR) is 337 cm³/mol. The molecule has 2 fully saturated rings. The van der Waals surface area contributed by atoms with E-state index in [9.17, 15) is 33.4 Å². The quantitative estimate of drug-likeness (QED) is 0.0480. The summed E-state index contributed by atoms with van der Waals surface area (Å²) in [4.78, 5) is -0.317. The van der Waals surface area contributed by atoms with Crippen LogP contribution in [0.15, 0.2) is 260 Å². The second-order valence-corrected chi connectivity index (χ2v) is 32.2. The average Bonchev–Trinajstić information content (AvgIpc) is 2.73. The molecule has 0 heterocycles. The van der Waals surface area contributed by atoms with Crippen LogP contribution in [-0.4, -0.2) is 57.8 Å². The second-order valence-electron chi connectivity index (χ2n) is 23.0. The first kappa shape index (κ1) is 56.5. The molecule has 9 aromatic rings. The third-order valence-electron chi connectivity index (χ3n) is 18.9. The summed E-state index contributed by atoms with van der Waals surface area (Å²) in [6, 6.07) is 88.6. The van der Waals surface area contributed by atoms with Gasteiger partial charge in [0.25, 0.3) is 10.1 Å². The van der Waals surface area contributed by atoms with E-state index in [1.807, 2.05) is 0 Å². The van der Waals surface area contributed by atoms with Crippen molar-refractivity contribution in [3.8, 4) is 0 Å². The van der Waals surface area contributed by atoms with E-state index >= 15 is 0 Å². The maximum absolute atomic E-state index is 13.5. The van der Waals surface area contributed by atoms with E-state index in [1.165, 1.54) is 56.1 Å². The molecule has 8 atom stereocenters. The Balaban J connectivity index is 1.12. The summed E-state index contributed by atoms with van der Waals surface area (Å²) in [5.74, 6) is -2.90. The van der Waals surface area contributed by atoms with Crippen LogP contribution < -0.4 is 31.8 Å². The molecule has 10 heteroatoms. The SMILES string of the molecule is CC(O)C1C(O)C(c2ccc(S(=O)(=O)O)cc2)C(O)C(C(C)O)C2(c3ccc(C[PH](c4ccccc4)(c4ccccc4)c4ccccc4)cc3)CCCCC12c1ccc(C[PH](c2ccccc2)(c2ccccc2)c2ccccc2)cc1. The van der Waals surface area contributed by atoms with Crippen LogP contribution in [0.2, 0.25) is 0 Å². The third-order valence-corrected chi connectivity index (χ3v) is 29.5. The molecule has 2 saturated carbocycles. The Kier molecular flexibility index (Phi) is 16.3. The molecule has 0 aliphatic heterocycles. The molecule has 0 saturated heterocycles. The van der Waals surface area contributed by atoms with Gasteiger partial charge in [0.05, 0.1) is 4.90 Å².